The SMILES string of the molecule is COc1cccc(CNC(=O)c2ccc(-c3ccnc(Nc4cccc(S(=O)(=O)NCCCN(C)C)c4)n3)s2)c1. The average Bonchev–Trinajstić information content (AvgIpc) is 3.45. The van der Waals surface area contributed by atoms with Crippen LogP contribution in [0, 0.1) is 0 Å². The van der Waals surface area contributed by atoms with Crippen LogP contribution in [0.1, 0.15) is 21.7 Å². The maximum atomic E-state index is 12.7. The van der Waals surface area contributed by atoms with Gasteiger partial charge in [0.1, 0.15) is 5.75 Å². The summed E-state index contributed by atoms with van der Waals surface area (Å²) in [5.74, 6) is 0.863. The zero-order chi connectivity index (χ0) is 28.5. The summed E-state index contributed by atoms with van der Waals surface area (Å²) in [7, 11) is 1.85. The third-order valence-corrected chi connectivity index (χ3v) is 8.36. The molecule has 3 N–H and O–H groups in total. The van der Waals surface area contributed by atoms with Crippen LogP contribution in [0.3, 0.4) is 0 Å². The molecule has 0 fully saturated rings. The third-order valence-electron chi connectivity index (χ3n) is 5.80. The first kappa shape index (κ1) is 29.2. The molecule has 2 aromatic heterocycles. The lowest BCUT2D eigenvalue weighted by Crippen LogP contribution is -2.27. The molecule has 0 saturated heterocycles. The molecule has 2 heterocycles. The fourth-order valence-electron chi connectivity index (χ4n) is 3.76. The molecule has 0 spiro atoms. The minimum Gasteiger partial charge on any atom is -0.497 e. The van der Waals surface area contributed by atoms with Crippen LogP contribution in [0.2, 0.25) is 0 Å². The summed E-state index contributed by atoms with van der Waals surface area (Å²) in [6.07, 6.45) is 2.32. The number of hydrogen-bond acceptors (Lipinski definition) is 9. The summed E-state index contributed by atoms with van der Waals surface area (Å²) in [4.78, 5) is 25.1. The zero-order valence-electron chi connectivity index (χ0n) is 22.5. The van der Waals surface area contributed by atoms with E-state index in [0.717, 1.165) is 22.7 Å². The highest BCUT2D eigenvalue weighted by molar-refractivity contribution is 7.89. The lowest BCUT2D eigenvalue weighted by atomic mass is 10.2. The molecule has 0 bridgehead atoms. The molecule has 0 aliphatic carbocycles. The van der Waals surface area contributed by atoms with Crippen molar-refractivity contribution in [2.75, 3.05) is 39.6 Å². The van der Waals surface area contributed by atoms with E-state index in [-0.39, 0.29) is 10.8 Å². The lowest BCUT2D eigenvalue weighted by molar-refractivity contribution is 0.0955. The molecule has 0 aliphatic rings. The van der Waals surface area contributed by atoms with Gasteiger partial charge >= 0.3 is 0 Å². The predicted molar refractivity (Wildman–Crippen MR) is 158 cm³/mol. The van der Waals surface area contributed by atoms with E-state index in [9.17, 15) is 13.2 Å². The number of amides is 1. The van der Waals surface area contributed by atoms with Gasteiger partial charge in [-0.3, -0.25) is 4.79 Å². The Bertz CT molecular complexity index is 1560. The number of carbonyl (C=O) groups excluding carboxylic acids is 1. The Balaban J connectivity index is 1.39. The van der Waals surface area contributed by atoms with Crippen molar-refractivity contribution in [2.24, 2.45) is 0 Å². The van der Waals surface area contributed by atoms with E-state index in [2.05, 4.69) is 25.3 Å². The molecule has 0 atom stereocenters. The van der Waals surface area contributed by atoms with Gasteiger partial charge < -0.3 is 20.3 Å². The van der Waals surface area contributed by atoms with Gasteiger partial charge in [0.2, 0.25) is 16.0 Å². The number of methoxy groups -OCH3 is 1. The largest absolute Gasteiger partial charge is 0.497 e. The van der Waals surface area contributed by atoms with Crippen molar-refractivity contribution in [1.82, 2.24) is 24.9 Å². The highest BCUT2D eigenvalue weighted by atomic mass is 32.2. The zero-order valence-corrected chi connectivity index (χ0v) is 24.2. The van der Waals surface area contributed by atoms with Crippen molar-refractivity contribution in [3.63, 3.8) is 0 Å². The van der Waals surface area contributed by atoms with Crippen LogP contribution in [0.25, 0.3) is 10.6 Å². The monoisotopic (exact) mass is 580 g/mol. The molecule has 0 unspecified atom stereocenters. The number of benzene rings is 2. The molecule has 12 heteroatoms. The smallest absolute Gasteiger partial charge is 0.261 e. The van der Waals surface area contributed by atoms with Gasteiger partial charge in [0.25, 0.3) is 5.91 Å². The van der Waals surface area contributed by atoms with Crippen molar-refractivity contribution in [1.29, 1.82) is 0 Å². The number of nitrogens with zero attached hydrogens (tertiary/aromatic N) is 3. The molecule has 4 aromatic rings. The minimum atomic E-state index is -3.65. The van der Waals surface area contributed by atoms with Crippen LogP contribution >= 0.6 is 11.3 Å². The number of carbonyl (C=O) groups is 1. The molecule has 10 nitrogen and oxygen atoms in total. The maximum absolute atomic E-state index is 12.7. The molecule has 4 rings (SSSR count). The van der Waals surface area contributed by atoms with E-state index in [0.29, 0.717) is 41.7 Å². The number of anilines is 2. The molecule has 0 aliphatic heterocycles. The molecular formula is C28H32N6O4S2. The maximum Gasteiger partial charge on any atom is 0.261 e. The Morgan fingerprint density at radius 3 is 2.67 bits per heavy atom. The standard InChI is InChI=1S/C28H32N6O4S2/c1-34(2)16-6-14-31-40(36,37)23-10-5-8-21(18-23)32-28-29-15-13-24(33-28)25-11-12-26(39-25)27(35)30-19-20-7-4-9-22(17-20)38-3/h4-5,7-13,15,17-18,31H,6,14,16,19H2,1-3H3,(H,30,35)(H,29,32,33). The number of hydrogen-bond donors (Lipinski definition) is 3. The predicted octanol–water partition coefficient (Wildman–Crippen LogP) is 4.12. The molecule has 0 saturated carbocycles. The van der Waals surface area contributed by atoms with Crippen LogP contribution < -0.4 is 20.1 Å². The van der Waals surface area contributed by atoms with E-state index < -0.39 is 10.0 Å². The van der Waals surface area contributed by atoms with Gasteiger partial charge in [-0.2, -0.15) is 0 Å². The Labute approximate surface area is 238 Å². The molecule has 210 valence electrons. The van der Waals surface area contributed by atoms with Crippen molar-refractivity contribution < 1.29 is 17.9 Å². The second-order valence-electron chi connectivity index (χ2n) is 9.17. The number of ether oxygens (including phenoxy) is 1. The fraction of sp³-hybridized carbons (Fsp3) is 0.250. The van der Waals surface area contributed by atoms with E-state index in [4.69, 9.17) is 4.74 Å². The normalized spacial score (nSPS) is 11.4. The second-order valence-corrected chi connectivity index (χ2v) is 12.0. The number of aromatic nitrogens is 2. The van der Waals surface area contributed by atoms with Crippen molar-refractivity contribution in [2.45, 2.75) is 17.9 Å². The summed E-state index contributed by atoms with van der Waals surface area (Å²) >= 11 is 1.32. The van der Waals surface area contributed by atoms with Gasteiger partial charge in [0.15, 0.2) is 0 Å². The van der Waals surface area contributed by atoms with Gasteiger partial charge in [0.05, 0.1) is 27.5 Å². The average molecular weight is 581 g/mol. The van der Waals surface area contributed by atoms with Crippen molar-refractivity contribution >= 4 is 38.9 Å². The summed E-state index contributed by atoms with van der Waals surface area (Å²) in [6.45, 7) is 1.52. The number of rotatable bonds is 13. The first-order chi connectivity index (χ1) is 19.2. The summed E-state index contributed by atoms with van der Waals surface area (Å²) < 4.78 is 33.3. The number of thiophene rings is 1. The van der Waals surface area contributed by atoms with E-state index in [1.807, 2.05) is 49.3 Å². The van der Waals surface area contributed by atoms with Crippen molar-refractivity contribution in [3.8, 4) is 16.3 Å². The third kappa shape index (κ3) is 8.09. The van der Waals surface area contributed by atoms with E-state index >= 15 is 0 Å². The van der Waals surface area contributed by atoms with Gasteiger partial charge in [-0.25, -0.2) is 23.1 Å². The van der Waals surface area contributed by atoms with Crippen LogP contribution in [0.4, 0.5) is 11.6 Å². The Morgan fingerprint density at radius 2 is 1.88 bits per heavy atom. The lowest BCUT2D eigenvalue weighted by Gasteiger charge is -2.11. The molecule has 0 radical (unpaired) electrons. The number of sulfonamides is 1. The summed E-state index contributed by atoms with van der Waals surface area (Å²) in [5.41, 5.74) is 2.12. The first-order valence-electron chi connectivity index (χ1n) is 12.6. The van der Waals surface area contributed by atoms with E-state index in [1.54, 1.807) is 49.7 Å². The highest BCUT2D eigenvalue weighted by Gasteiger charge is 2.15. The second kappa shape index (κ2) is 13.5. The summed E-state index contributed by atoms with van der Waals surface area (Å²) in [6, 6.07) is 19.4. The van der Waals surface area contributed by atoms with Gasteiger partial charge in [-0.1, -0.05) is 18.2 Å². The molecular weight excluding hydrogens is 548 g/mol. The van der Waals surface area contributed by atoms with Crippen LogP contribution in [-0.4, -0.2) is 63.5 Å². The quantitative estimate of drug-likeness (QED) is 0.202. The van der Waals surface area contributed by atoms with E-state index in [1.165, 1.54) is 11.3 Å². The summed E-state index contributed by atoms with van der Waals surface area (Å²) in [5, 5.41) is 6.01. The molecule has 1 amide bonds. The Hall–Kier alpha value is -3.84. The van der Waals surface area contributed by atoms with Crippen molar-refractivity contribution in [3.05, 3.63) is 83.4 Å². The number of nitrogens with one attached hydrogen (secondary N) is 3. The van der Waals surface area contributed by atoms with Crippen LogP contribution in [0.15, 0.2) is 77.8 Å². The van der Waals surface area contributed by atoms with Gasteiger partial charge in [-0.05, 0) is 81.2 Å². The Kier molecular flexibility index (Phi) is 9.83. The van der Waals surface area contributed by atoms with Crippen LogP contribution in [0.5, 0.6) is 5.75 Å². The fourth-order valence-corrected chi connectivity index (χ4v) is 5.77. The topological polar surface area (TPSA) is 126 Å². The van der Waals surface area contributed by atoms with Gasteiger partial charge in [-0.15, -0.1) is 11.3 Å². The first-order valence-corrected chi connectivity index (χ1v) is 14.9. The Morgan fingerprint density at radius 1 is 1.05 bits per heavy atom. The molecule has 40 heavy (non-hydrogen) atoms. The highest BCUT2D eigenvalue weighted by Crippen LogP contribution is 2.28. The van der Waals surface area contributed by atoms with Crippen LogP contribution in [-0.2, 0) is 16.6 Å². The minimum absolute atomic E-state index is 0.154. The van der Waals surface area contributed by atoms with Gasteiger partial charge in [0, 0.05) is 25.0 Å². The molecule has 2 aromatic carbocycles.